The number of nitrogens with zero attached hydrogens (tertiary/aromatic N) is 4. The summed E-state index contributed by atoms with van der Waals surface area (Å²) in [6.07, 6.45) is 2.14. The molecule has 0 spiro atoms. The minimum absolute atomic E-state index is 0.0635. The van der Waals surface area contributed by atoms with Crippen LogP contribution in [0, 0.1) is 6.92 Å². The monoisotopic (exact) mass is 512 g/mol. The lowest BCUT2D eigenvalue weighted by Crippen LogP contribution is -2.46. The van der Waals surface area contributed by atoms with E-state index < -0.39 is 0 Å². The van der Waals surface area contributed by atoms with Crippen molar-refractivity contribution in [2.75, 3.05) is 45.9 Å². The van der Waals surface area contributed by atoms with Crippen molar-refractivity contribution in [2.24, 2.45) is 5.10 Å². The summed E-state index contributed by atoms with van der Waals surface area (Å²) in [4.78, 5) is 32.9. The molecule has 5 rings (SSSR count). The van der Waals surface area contributed by atoms with Crippen LogP contribution in [0.2, 0.25) is 0 Å². The number of carbonyl (C=O) groups excluding carboxylic acids is 2. The van der Waals surface area contributed by atoms with Gasteiger partial charge in [0.25, 0.3) is 11.8 Å². The van der Waals surface area contributed by atoms with Crippen molar-refractivity contribution < 1.29 is 18.7 Å². The summed E-state index contributed by atoms with van der Waals surface area (Å²) in [7, 11) is 0. The van der Waals surface area contributed by atoms with Gasteiger partial charge in [-0.15, -0.1) is 22.7 Å². The van der Waals surface area contributed by atoms with E-state index in [0.717, 1.165) is 34.1 Å². The van der Waals surface area contributed by atoms with Crippen molar-refractivity contribution in [1.29, 1.82) is 0 Å². The first kappa shape index (κ1) is 23.9. The Morgan fingerprint density at radius 3 is 2.69 bits per heavy atom. The van der Waals surface area contributed by atoms with Gasteiger partial charge in [-0.25, -0.2) is 5.01 Å². The van der Waals surface area contributed by atoms with E-state index in [2.05, 4.69) is 17.9 Å². The molecule has 0 aliphatic carbocycles. The Bertz CT molecular complexity index is 1170. The fourth-order valence-electron chi connectivity index (χ4n) is 4.39. The van der Waals surface area contributed by atoms with Crippen LogP contribution >= 0.6 is 22.7 Å². The molecule has 0 unspecified atom stereocenters. The molecular formula is C25H28N4O4S2. The van der Waals surface area contributed by atoms with Gasteiger partial charge in [0, 0.05) is 37.5 Å². The van der Waals surface area contributed by atoms with E-state index in [0.29, 0.717) is 32.7 Å². The third-order valence-corrected chi connectivity index (χ3v) is 8.35. The standard InChI is InChI=1S/C25H28N4O4S2/c1-18-6-15-35-24(18)20-16-19(22-5-3-14-34-22)26-29(20)23(30)17-28(25(31)21-4-2-11-33-21)8-7-27-9-12-32-13-10-27/h2-6,11,14-15,20H,7-10,12-13,16-17H2,1H3/t20-/m0/s1. The van der Waals surface area contributed by atoms with Gasteiger partial charge in [0.2, 0.25) is 0 Å². The van der Waals surface area contributed by atoms with Crippen LogP contribution < -0.4 is 0 Å². The summed E-state index contributed by atoms with van der Waals surface area (Å²) in [6, 6.07) is 9.25. The van der Waals surface area contributed by atoms with Crippen molar-refractivity contribution in [3.8, 4) is 0 Å². The highest BCUT2D eigenvalue weighted by Crippen LogP contribution is 2.38. The largest absolute Gasteiger partial charge is 0.459 e. The number of hydrogen-bond acceptors (Lipinski definition) is 8. The molecule has 0 bridgehead atoms. The molecule has 3 aromatic heterocycles. The summed E-state index contributed by atoms with van der Waals surface area (Å²) in [5.41, 5.74) is 2.06. The maximum Gasteiger partial charge on any atom is 0.290 e. The highest BCUT2D eigenvalue weighted by atomic mass is 32.1. The molecule has 3 aromatic rings. The van der Waals surface area contributed by atoms with Crippen LogP contribution in [-0.4, -0.2) is 78.3 Å². The molecule has 8 nitrogen and oxygen atoms in total. The van der Waals surface area contributed by atoms with Gasteiger partial charge in [-0.2, -0.15) is 5.10 Å². The van der Waals surface area contributed by atoms with Gasteiger partial charge in [-0.05, 0) is 47.5 Å². The number of rotatable bonds is 8. The lowest BCUT2D eigenvalue weighted by Gasteiger charge is -2.30. The third-order valence-electron chi connectivity index (χ3n) is 6.31. The average molecular weight is 513 g/mol. The zero-order chi connectivity index (χ0) is 24.2. The predicted octanol–water partition coefficient (Wildman–Crippen LogP) is 3.86. The number of furan rings is 1. The number of ether oxygens (including phenoxy) is 1. The Morgan fingerprint density at radius 2 is 2.00 bits per heavy atom. The second-order valence-electron chi connectivity index (χ2n) is 8.61. The molecule has 2 aliphatic heterocycles. The molecule has 0 saturated carbocycles. The number of amides is 2. The molecule has 1 saturated heterocycles. The minimum Gasteiger partial charge on any atom is -0.459 e. The first-order valence-corrected chi connectivity index (χ1v) is 13.5. The zero-order valence-electron chi connectivity index (χ0n) is 19.6. The highest BCUT2D eigenvalue weighted by Gasteiger charge is 2.36. The van der Waals surface area contributed by atoms with E-state index in [-0.39, 0.29) is 30.2 Å². The van der Waals surface area contributed by atoms with E-state index in [1.54, 1.807) is 44.7 Å². The van der Waals surface area contributed by atoms with Crippen LogP contribution in [-0.2, 0) is 9.53 Å². The highest BCUT2D eigenvalue weighted by molar-refractivity contribution is 7.12. The molecule has 2 amide bonds. The van der Waals surface area contributed by atoms with Gasteiger partial charge in [0.15, 0.2) is 5.76 Å². The number of morpholine rings is 1. The van der Waals surface area contributed by atoms with E-state index in [1.165, 1.54) is 6.26 Å². The summed E-state index contributed by atoms with van der Waals surface area (Å²) in [6.45, 7) is 6.08. The second-order valence-corrected chi connectivity index (χ2v) is 10.5. The molecule has 0 radical (unpaired) electrons. The lowest BCUT2D eigenvalue weighted by atomic mass is 10.1. The summed E-state index contributed by atoms with van der Waals surface area (Å²) < 4.78 is 10.8. The van der Waals surface area contributed by atoms with E-state index in [1.807, 2.05) is 22.9 Å². The summed E-state index contributed by atoms with van der Waals surface area (Å²) in [5, 5.41) is 10.4. The first-order valence-electron chi connectivity index (χ1n) is 11.7. The lowest BCUT2D eigenvalue weighted by molar-refractivity contribution is -0.133. The van der Waals surface area contributed by atoms with Gasteiger partial charge in [0.05, 0.1) is 36.1 Å². The minimum atomic E-state index is -0.290. The van der Waals surface area contributed by atoms with Crippen LogP contribution in [0.15, 0.2) is 56.9 Å². The summed E-state index contributed by atoms with van der Waals surface area (Å²) >= 11 is 3.26. The molecule has 184 valence electrons. The molecule has 10 heteroatoms. The van der Waals surface area contributed by atoms with E-state index >= 15 is 0 Å². The van der Waals surface area contributed by atoms with Crippen molar-refractivity contribution >= 4 is 40.2 Å². The van der Waals surface area contributed by atoms with Crippen molar-refractivity contribution in [1.82, 2.24) is 14.8 Å². The van der Waals surface area contributed by atoms with Crippen LogP contribution in [0.3, 0.4) is 0 Å². The van der Waals surface area contributed by atoms with Gasteiger partial charge < -0.3 is 14.1 Å². The van der Waals surface area contributed by atoms with Crippen LogP contribution in [0.25, 0.3) is 0 Å². The fourth-order valence-corrected chi connectivity index (χ4v) is 6.13. The van der Waals surface area contributed by atoms with Crippen molar-refractivity contribution in [3.05, 3.63) is 68.4 Å². The number of carbonyl (C=O) groups is 2. The average Bonchev–Trinajstić information content (AvgIpc) is 3.68. The smallest absolute Gasteiger partial charge is 0.290 e. The second kappa shape index (κ2) is 10.9. The Kier molecular flexibility index (Phi) is 7.43. The fraction of sp³-hybridized carbons (Fsp3) is 0.400. The van der Waals surface area contributed by atoms with E-state index in [9.17, 15) is 9.59 Å². The predicted molar refractivity (Wildman–Crippen MR) is 136 cm³/mol. The molecular weight excluding hydrogens is 484 g/mol. The number of hydrogen-bond donors (Lipinski definition) is 0. The van der Waals surface area contributed by atoms with Gasteiger partial charge in [0.1, 0.15) is 6.54 Å². The van der Waals surface area contributed by atoms with Gasteiger partial charge >= 0.3 is 0 Å². The number of aryl methyl sites for hydroxylation is 1. The molecule has 0 N–H and O–H groups in total. The quantitative estimate of drug-likeness (QED) is 0.458. The Labute approximate surface area is 212 Å². The van der Waals surface area contributed by atoms with Crippen molar-refractivity contribution in [2.45, 2.75) is 19.4 Å². The van der Waals surface area contributed by atoms with Crippen LogP contribution in [0.1, 0.15) is 38.3 Å². The van der Waals surface area contributed by atoms with Crippen molar-refractivity contribution in [3.63, 3.8) is 0 Å². The Balaban J connectivity index is 1.37. The molecule has 5 heterocycles. The third kappa shape index (κ3) is 5.40. The maximum atomic E-state index is 13.7. The molecule has 0 aromatic carbocycles. The van der Waals surface area contributed by atoms with Crippen LogP contribution in [0.5, 0.6) is 0 Å². The topological polar surface area (TPSA) is 78.6 Å². The van der Waals surface area contributed by atoms with Gasteiger partial charge in [-0.1, -0.05) is 6.07 Å². The SMILES string of the molecule is Cc1ccsc1[C@@H]1CC(c2cccs2)=NN1C(=O)CN(CCN1CCOCC1)C(=O)c1ccco1. The molecule has 2 aliphatic rings. The number of hydrazone groups is 1. The van der Waals surface area contributed by atoms with Crippen LogP contribution in [0.4, 0.5) is 0 Å². The molecule has 1 fully saturated rings. The molecule has 35 heavy (non-hydrogen) atoms. The first-order chi connectivity index (χ1) is 17.1. The maximum absolute atomic E-state index is 13.7. The Hall–Kier alpha value is -2.79. The summed E-state index contributed by atoms with van der Waals surface area (Å²) in [5.74, 6) is -0.256. The Morgan fingerprint density at radius 1 is 1.14 bits per heavy atom. The normalized spacial score (nSPS) is 18.6. The number of thiophene rings is 2. The van der Waals surface area contributed by atoms with Gasteiger partial charge in [-0.3, -0.25) is 14.5 Å². The van der Waals surface area contributed by atoms with E-state index in [4.69, 9.17) is 14.3 Å². The molecule has 1 atom stereocenters. The zero-order valence-corrected chi connectivity index (χ0v) is 21.2.